The lowest BCUT2D eigenvalue weighted by Gasteiger charge is -2.42. The lowest BCUT2D eigenvalue weighted by Crippen LogP contribution is -2.61. The topological polar surface area (TPSA) is 72.2 Å². The molecule has 6 rings (SSSR count). The van der Waals surface area contributed by atoms with E-state index in [0.717, 1.165) is 67.7 Å². The lowest BCUT2D eigenvalue weighted by molar-refractivity contribution is -0.0756. The third kappa shape index (κ3) is 4.49. The zero-order chi connectivity index (χ0) is 22.8. The van der Waals surface area contributed by atoms with Crippen LogP contribution in [0, 0.1) is 0 Å². The third-order valence-corrected chi connectivity index (χ3v) is 6.89. The van der Waals surface area contributed by atoms with Crippen LogP contribution in [0.4, 0.5) is 5.69 Å². The Morgan fingerprint density at radius 1 is 0.941 bits per heavy atom. The first-order valence-electron chi connectivity index (χ1n) is 11.9. The Morgan fingerprint density at radius 3 is 2.59 bits per heavy atom. The molecule has 3 aromatic rings. The first-order chi connectivity index (χ1) is 16.8. The highest BCUT2D eigenvalue weighted by Crippen LogP contribution is 2.36. The van der Waals surface area contributed by atoms with Gasteiger partial charge in [-0.15, -0.1) is 0 Å². The number of benzene rings is 2. The van der Waals surface area contributed by atoms with Crippen molar-refractivity contribution in [3.8, 4) is 11.5 Å². The zero-order valence-electron chi connectivity index (χ0n) is 19.2. The second-order valence-electron chi connectivity index (χ2n) is 9.34. The Bertz CT molecular complexity index is 1110. The van der Waals surface area contributed by atoms with Crippen LogP contribution in [0.1, 0.15) is 17.0 Å². The molecule has 0 bridgehead atoms. The first kappa shape index (κ1) is 21.5. The second-order valence-corrected chi connectivity index (χ2v) is 9.34. The van der Waals surface area contributed by atoms with Crippen LogP contribution in [0.5, 0.6) is 11.5 Å². The van der Waals surface area contributed by atoms with Crippen LogP contribution in [0.15, 0.2) is 59.1 Å². The Hall–Kier alpha value is -3.07. The van der Waals surface area contributed by atoms with Crippen LogP contribution < -0.4 is 19.7 Å². The molecule has 0 aliphatic carbocycles. The number of hydrogen-bond donors (Lipinski definition) is 1. The number of para-hydroxylation sites is 2. The summed E-state index contributed by atoms with van der Waals surface area (Å²) in [4.78, 5) is 4.87. The SMILES string of the molecule is c1ccc(N2CCN(Cc3cc(CC4(NCc5cccc6c5OCO6)COC4)no3)CC2)cc1. The van der Waals surface area contributed by atoms with Gasteiger partial charge in [-0.2, -0.15) is 0 Å². The Balaban J connectivity index is 1.03. The fourth-order valence-electron chi connectivity index (χ4n) is 4.91. The maximum absolute atomic E-state index is 5.71. The predicted octanol–water partition coefficient (Wildman–Crippen LogP) is 2.83. The quantitative estimate of drug-likeness (QED) is 0.548. The first-order valence-corrected chi connectivity index (χ1v) is 11.9. The number of anilines is 1. The normalized spacial score (nSPS) is 19.2. The number of nitrogens with one attached hydrogen (secondary N) is 1. The van der Waals surface area contributed by atoms with Gasteiger partial charge in [-0.25, -0.2) is 0 Å². The van der Waals surface area contributed by atoms with Gasteiger partial charge in [-0.1, -0.05) is 35.5 Å². The van der Waals surface area contributed by atoms with E-state index in [1.807, 2.05) is 12.1 Å². The van der Waals surface area contributed by atoms with Crippen molar-refractivity contribution in [3.63, 3.8) is 0 Å². The fourth-order valence-corrected chi connectivity index (χ4v) is 4.91. The van der Waals surface area contributed by atoms with Crippen molar-refractivity contribution in [2.24, 2.45) is 0 Å². The van der Waals surface area contributed by atoms with Crippen LogP contribution in [-0.4, -0.2) is 61.8 Å². The van der Waals surface area contributed by atoms with Crippen molar-refractivity contribution >= 4 is 5.69 Å². The molecule has 1 N–H and O–H groups in total. The van der Waals surface area contributed by atoms with Crippen LogP contribution in [0.25, 0.3) is 0 Å². The number of hydrogen-bond acceptors (Lipinski definition) is 8. The molecule has 178 valence electrons. The summed E-state index contributed by atoms with van der Waals surface area (Å²) in [6, 6.07) is 18.7. The summed E-state index contributed by atoms with van der Waals surface area (Å²) in [6.07, 6.45) is 0.769. The minimum absolute atomic E-state index is 0.141. The highest BCUT2D eigenvalue weighted by molar-refractivity contribution is 5.48. The largest absolute Gasteiger partial charge is 0.454 e. The summed E-state index contributed by atoms with van der Waals surface area (Å²) >= 11 is 0. The third-order valence-electron chi connectivity index (χ3n) is 6.89. The minimum Gasteiger partial charge on any atom is -0.454 e. The molecule has 2 aromatic carbocycles. The van der Waals surface area contributed by atoms with Crippen LogP contribution in [0.3, 0.4) is 0 Å². The van der Waals surface area contributed by atoms with E-state index in [1.165, 1.54) is 5.69 Å². The summed E-state index contributed by atoms with van der Waals surface area (Å²) in [5, 5.41) is 8.05. The van der Waals surface area contributed by atoms with E-state index in [4.69, 9.17) is 18.7 Å². The smallest absolute Gasteiger partial charge is 0.231 e. The van der Waals surface area contributed by atoms with Crippen molar-refractivity contribution in [1.29, 1.82) is 0 Å². The number of piperazine rings is 1. The van der Waals surface area contributed by atoms with E-state index in [0.29, 0.717) is 19.8 Å². The molecule has 2 saturated heterocycles. The molecule has 0 amide bonds. The van der Waals surface area contributed by atoms with Crippen molar-refractivity contribution in [2.45, 2.75) is 25.0 Å². The molecule has 4 heterocycles. The maximum Gasteiger partial charge on any atom is 0.231 e. The predicted molar refractivity (Wildman–Crippen MR) is 127 cm³/mol. The molecule has 8 nitrogen and oxygen atoms in total. The number of ether oxygens (including phenoxy) is 3. The maximum atomic E-state index is 5.71. The molecule has 0 radical (unpaired) electrons. The van der Waals surface area contributed by atoms with Crippen LogP contribution in [0.2, 0.25) is 0 Å². The summed E-state index contributed by atoms with van der Waals surface area (Å²) in [5.74, 6) is 2.57. The molecule has 0 spiro atoms. The molecule has 0 unspecified atom stereocenters. The summed E-state index contributed by atoms with van der Waals surface area (Å²) in [7, 11) is 0. The van der Waals surface area contributed by atoms with Gasteiger partial charge in [0.2, 0.25) is 6.79 Å². The van der Waals surface area contributed by atoms with Gasteiger partial charge in [0.25, 0.3) is 0 Å². The molecular formula is C26H30N4O4. The number of aromatic nitrogens is 1. The Kier molecular flexibility index (Phi) is 5.86. The molecule has 3 aliphatic heterocycles. The van der Waals surface area contributed by atoms with Crippen molar-refractivity contribution in [2.75, 3.05) is 51.1 Å². The van der Waals surface area contributed by atoms with Gasteiger partial charge < -0.3 is 29.0 Å². The van der Waals surface area contributed by atoms with Crippen molar-refractivity contribution < 1.29 is 18.7 Å². The average molecular weight is 463 g/mol. The number of rotatable bonds is 8. The van der Waals surface area contributed by atoms with Gasteiger partial charge in [0.15, 0.2) is 17.3 Å². The second kappa shape index (κ2) is 9.29. The van der Waals surface area contributed by atoms with Gasteiger partial charge in [0, 0.05) is 56.5 Å². The van der Waals surface area contributed by atoms with E-state index < -0.39 is 0 Å². The Morgan fingerprint density at radius 2 is 1.79 bits per heavy atom. The molecule has 0 atom stereocenters. The van der Waals surface area contributed by atoms with Gasteiger partial charge >= 0.3 is 0 Å². The highest BCUT2D eigenvalue weighted by Gasteiger charge is 2.39. The van der Waals surface area contributed by atoms with E-state index in [2.05, 4.69) is 62.7 Å². The molecular weight excluding hydrogens is 432 g/mol. The van der Waals surface area contributed by atoms with Gasteiger partial charge in [0.1, 0.15) is 0 Å². The van der Waals surface area contributed by atoms with Gasteiger partial charge in [-0.3, -0.25) is 4.90 Å². The van der Waals surface area contributed by atoms with E-state index >= 15 is 0 Å². The molecule has 34 heavy (non-hydrogen) atoms. The highest BCUT2D eigenvalue weighted by atomic mass is 16.7. The van der Waals surface area contributed by atoms with Gasteiger partial charge in [-0.05, 0) is 18.2 Å². The lowest BCUT2D eigenvalue weighted by atomic mass is 9.90. The number of fused-ring (bicyclic) bond motifs is 1. The summed E-state index contributed by atoms with van der Waals surface area (Å²) in [5.41, 5.74) is 3.21. The van der Waals surface area contributed by atoms with Crippen LogP contribution in [-0.2, 0) is 24.2 Å². The summed E-state index contributed by atoms with van der Waals surface area (Å²) < 4.78 is 22.4. The monoisotopic (exact) mass is 462 g/mol. The van der Waals surface area contributed by atoms with E-state index in [-0.39, 0.29) is 12.3 Å². The molecule has 2 fully saturated rings. The molecule has 1 aromatic heterocycles. The molecule has 0 saturated carbocycles. The van der Waals surface area contributed by atoms with Crippen molar-refractivity contribution in [3.05, 3.63) is 71.6 Å². The summed E-state index contributed by atoms with van der Waals surface area (Å²) in [6.45, 7) is 7.14. The van der Waals surface area contributed by atoms with Crippen molar-refractivity contribution in [1.82, 2.24) is 15.4 Å². The average Bonchev–Trinajstić information content (AvgIpc) is 3.51. The molecule has 3 aliphatic rings. The standard InChI is InChI=1S/C26H30N4O4/c1-2-6-22(7-3-1)30-11-9-29(10-12-30)16-23-13-21(28-34-23)14-26(17-31-18-26)27-15-20-5-4-8-24-25(20)33-19-32-24/h1-8,13,27H,9-12,14-19H2. The number of nitrogens with zero attached hydrogens (tertiary/aromatic N) is 3. The molecule has 8 heteroatoms. The van der Waals surface area contributed by atoms with E-state index in [1.54, 1.807) is 0 Å². The zero-order valence-corrected chi connectivity index (χ0v) is 19.2. The van der Waals surface area contributed by atoms with Gasteiger partial charge in [0.05, 0.1) is 31.0 Å². The van der Waals surface area contributed by atoms with Crippen LogP contribution >= 0.6 is 0 Å². The minimum atomic E-state index is -0.141. The fraction of sp³-hybridized carbons (Fsp3) is 0.423. The Labute approximate surface area is 199 Å². The van der Waals surface area contributed by atoms with E-state index in [9.17, 15) is 0 Å².